The zero-order valence-electron chi connectivity index (χ0n) is 24.3. The van der Waals surface area contributed by atoms with E-state index in [1.807, 2.05) is 53.8 Å². The lowest BCUT2D eigenvalue weighted by Crippen LogP contribution is -2.58. The van der Waals surface area contributed by atoms with Crippen LogP contribution in [0.15, 0.2) is 79.3 Å². The number of carbonyl (C=O) groups is 1. The molecule has 7 nitrogen and oxygen atoms in total. The summed E-state index contributed by atoms with van der Waals surface area (Å²) in [7, 11) is 0. The fourth-order valence-corrected chi connectivity index (χ4v) is 6.70. The molecule has 2 aromatic carbocycles. The van der Waals surface area contributed by atoms with Crippen LogP contribution in [0.2, 0.25) is 5.02 Å². The Morgan fingerprint density at radius 3 is 2.76 bits per heavy atom. The van der Waals surface area contributed by atoms with E-state index in [9.17, 15) is 4.79 Å². The number of nitrogens with zero attached hydrogens (tertiary/aromatic N) is 5. The van der Waals surface area contributed by atoms with Crippen LogP contribution in [0.25, 0.3) is 0 Å². The van der Waals surface area contributed by atoms with E-state index in [0.29, 0.717) is 19.6 Å². The van der Waals surface area contributed by atoms with Gasteiger partial charge in [-0.1, -0.05) is 61.0 Å². The van der Waals surface area contributed by atoms with Crippen LogP contribution in [-0.2, 0) is 37.1 Å². The Morgan fingerprint density at radius 1 is 1.05 bits per heavy atom. The third-order valence-electron chi connectivity index (χ3n) is 8.59. The number of imidazole rings is 1. The predicted octanol–water partition coefficient (Wildman–Crippen LogP) is 5.07. The van der Waals surface area contributed by atoms with Gasteiger partial charge in [0.15, 0.2) is 0 Å². The first-order valence-corrected chi connectivity index (χ1v) is 15.5. The number of fused-ring (bicyclic) bond motifs is 2. The first-order valence-electron chi connectivity index (χ1n) is 15.1. The summed E-state index contributed by atoms with van der Waals surface area (Å²) in [6.45, 7) is 6.45. The Morgan fingerprint density at radius 2 is 1.90 bits per heavy atom. The van der Waals surface area contributed by atoms with Crippen LogP contribution < -0.4 is 5.32 Å². The lowest BCUT2D eigenvalue weighted by Gasteiger charge is -2.40. The van der Waals surface area contributed by atoms with Gasteiger partial charge in [-0.25, -0.2) is 4.98 Å². The molecule has 6 rings (SSSR count). The molecule has 0 radical (unpaired) electrons. The lowest BCUT2D eigenvalue weighted by atomic mass is 9.95. The van der Waals surface area contributed by atoms with Gasteiger partial charge in [0.05, 0.1) is 17.8 Å². The van der Waals surface area contributed by atoms with E-state index in [-0.39, 0.29) is 18.0 Å². The maximum Gasteiger partial charge on any atom is 0.241 e. The summed E-state index contributed by atoms with van der Waals surface area (Å²) < 4.78 is 2.20. The highest BCUT2D eigenvalue weighted by atomic mass is 35.5. The molecule has 1 aliphatic carbocycles. The average molecular weight is 583 g/mol. The first kappa shape index (κ1) is 28.6. The molecule has 42 heavy (non-hydrogen) atoms. The summed E-state index contributed by atoms with van der Waals surface area (Å²) >= 11 is 6.44. The number of hydrogen-bond acceptors (Lipinski definition) is 5. The van der Waals surface area contributed by atoms with Gasteiger partial charge in [-0.3, -0.25) is 14.7 Å². The quantitative estimate of drug-likeness (QED) is 0.298. The molecular formula is C34H39ClN6O. The van der Waals surface area contributed by atoms with Gasteiger partial charge in [0.1, 0.15) is 5.82 Å². The van der Waals surface area contributed by atoms with Crippen molar-refractivity contribution in [1.82, 2.24) is 29.7 Å². The molecule has 1 N–H and O–H groups in total. The molecule has 218 valence electrons. The molecule has 0 bridgehead atoms. The highest BCUT2D eigenvalue weighted by molar-refractivity contribution is 6.30. The van der Waals surface area contributed by atoms with Gasteiger partial charge < -0.3 is 14.8 Å². The number of benzene rings is 2. The van der Waals surface area contributed by atoms with Crippen LogP contribution >= 0.6 is 11.6 Å². The topological polar surface area (TPSA) is 66.3 Å². The molecule has 1 fully saturated rings. The number of nitrogens with one attached hydrogen (secondary N) is 1. The smallest absolute Gasteiger partial charge is 0.241 e. The van der Waals surface area contributed by atoms with Gasteiger partial charge in [0.25, 0.3) is 0 Å². The molecule has 0 saturated carbocycles. The molecule has 0 spiro atoms. The molecule has 1 amide bonds. The monoisotopic (exact) mass is 582 g/mol. The van der Waals surface area contributed by atoms with Gasteiger partial charge in [-0.2, -0.15) is 0 Å². The molecule has 0 unspecified atom stereocenters. The largest absolute Gasteiger partial charge is 0.337 e. The summed E-state index contributed by atoms with van der Waals surface area (Å²) in [6.07, 6.45) is 9.42. The third kappa shape index (κ3) is 6.28. The number of amides is 1. The number of pyridine rings is 1. The van der Waals surface area contributed by atoms with E-state index >= 15 is 0 Å². The van der Waals surface area contributed by atoms with E-state index in [1.165, 1.54) is 16.7 Å². The molecular weight excluding hydrogens is 544 g/mol. The second kappa shape index (κ2) is 13.2. The number of carbonyl (C=O) groups excluding carboxylic acids is 1. The highest BCUT2D eigenvalue weighted by Gasteiger charge is 2.36. The zero-order valence-corrected chi connectivity index (χ0v) is 25.0. The fourth-order valence-electron chi connectivity index (χ4n) is 6.51. The number of halogens is 1. The van der Waals surface area contributed by atoms with E-state index in [1.54, 1.807) is 0 Å². The molecule has 2 atom stereocenters. The maximum absolute atomic E-state index is 14.2. The molecule has 2 aromatic heterocycles. The molecule has 3 heterocycles. The van der Waals surface area contributed by atoms with Crippen molar-refractivity contribution >= 4 is 17.5 Å². The van der Waals surface area contributed by atoms with Crippen molar-refractivity contribution < 1.29 is 4.79 Å². The minimum atomic E-state index is -0.298. The maximum atomic E-state index is 14.2. The second-order valence-corrected chi connectivity index (χ2v) is 11.7. The molecule has 1 aliphatic heterocycles. The Balaban J connectivity index is 1.24. The summed E-state index contributed by atoms with van der Waals surface area (Å²) in [6, 6.07) is 20.5. The lowest BCUT2D eigenvalue weighted by molar-refractivity contribution is -0.135. The average Bonchev–Trinajstić information content (AvgIpc) is 3.42. The van der Waals surface area contributed by atoms with Crippen molar-refractivity contribution in [2.75, 3.05) is 26.2 Å². The van der Waals surface area contributed by atoms with Crippen molar-refractivity contribution in [3.05, 3.63) is 118 Å². The van der Waals surface area contributed by atoms with Crippen LogP contribution in [0.5, 0.6) is 0 Å². The Labute approximate surface area is 253 Å². The van der Waals surface area contributed by atoms with E-state index in [2.05, 4.69) is 57.0 Å². The van der Waals surface area contributed by atoms with E-state index < -0.39 is 0 Å². The van der Waals surface area contributed by atoms with Crippen molar-refractivity contribution in [3.63, 3.8) is 0 Å². The Hall–Kier alpha value is -3.52. The Kier molecular flexibility index (Phi) is 8.98. The number of hydrogen-bond donors (Lipinski definition) is 1. The van der Waals surface area contributed by atoms with Crippen LogP contribution in [-0.4, -0.2) is 62.5 Å². The van der Waals surface area contributed by atoms with Crippen molar-refractivity contribution in [2.45, 2.75) is 57.8 Å². The summed E-state index contributed by atoms with van der Waals surface area (Å²) in [5.41, 5.74) is 6.03. The van der Waals surface area contributed by atoms with Crippen molar-refractivity contribution in [3.8, 4) is 0 Å². The first-order chi connectivity index (χ1) is 20.6. The number of aryl methyl sites for hydroxylation is 4. The van der Waals surface area contributed by atoms with Gasteiger partial charge in [0.2, 0.25) is 5.91 Å². The van der Waals surface area contributed by atoms with Crippen LogP contribution in [0.1, 0.15) is 53.2 Å². The number of rotatable bonds is 9. The standard InChI is InChI=1S/C34H39ClN6O/c1-2-31-37-17-20-39(31)18-7-19-41(23-25-8-4-3-5-9-25)34(42)30-24-40(21-16-36-30)33-29-14-13-28(35)22-27(29)12-11-26-10-6-15-38-32(26)33/h3-6,8-10,13-15,17,20,22,30,33,36H,2,7,11-12,16,18-19,21,23-24H2,1H3/t30-,33-/m1/s1. The minimum absolute atomic E-state index is 0.00959. The summed E-state index contributed by atoms with van der Waals surface area (Å²) in [5, 5.41) is 4.32. The van der Waals surface area contributed by atoms with Crippen LogP contribution in [0, 0.1) is 0 Å². The van der Waals surface area contributed by atoms with Gasteiger partial charge in [-0.05, 0) is 59.7 Å². The normalized spacial score (nSPS) is 18.6. The van der Waals surface area contributed by atoms with Crippen LogP contribution in [0.3, 0.4) is 0 Å². The van der Waals surface area contributed by atoms with Crippen molar-refractivity contribution in [1.29, 1.82) is 0 Å². The number of aromatic nitrogens is 3. The van der Waals surface area contributed by atoms with Gasteiger partial charge in [-0.15, -0.1) is 0 Å². The van der Waals surface area contributed by atoms with E-state index in [4.69, 9.17) is 16.6 Å². The summed E-state index contributed by atoms with van der Waals surface area (Å²) in [5.74, 6) is 1.23. The molecule has 1 saturated heterocycles. The Bertz CT molecular complexity index is 1500. The van der Waals surface area contributed by atoms with E-state index in [0.717, 1.165) is 67.4 Å². The SMILES string of the molecule is CCc1nccn1CCCN(Cc1ccccc1)C(=O)[C@H]1CN([C@@H]2c3ccc(Cl)cc3CCc3cccnc32)CCN1. The predicted molar refractivity (Wildman–Crippen MR) is 166 cm³/mol. The molecule has 8 heteroatoms. The molecule has 4 aromatic rings. The second-order valence-electron chi connectivity index (χ2n) is 11.3. The molecule has 2 aliphatic rings. The van der Waals surface area contributed by atoms with Gasteiger partial charge in [0, 0.05) is 69.3 Å². The zero-order chi connectivity index (χ0) is 28.9. The highest BCUT2D eigenvalue weighted by Crippen LogP contribution is 2.37. The summed E-state index contributed by atoms with van der Waals surface area (Å²) in [4.78, 5) is 28.1. The van der Waals surface area contributed by atoms with Gasteiger partial charge >= 0.3 is 0 Å². The van der Waals surface area contributed by atoms with Crippen molar-refractivity contribution in [2.24, 2.45) is 0 Å². The third-order valence-corrected chi connectivity index (χ3v) is 8.83. The fraction of sp³-hybridized carbons (Fsp3) is 0.382. The number of piperazine rings is 1. The minimum Gasteiger partial charge on any atom is -0.337 e. The van der Waals surface area contributed by atoms with Crippen LogP contribution in [0.4, 0.5) is 0 Å².